The first-order chi connectivity index (χ1) is 13.2. The monoisotopic (exact) mass is 398 g/mol. The van der Waals surface area contributed by atoms with Crippen LogP contribution < -0.4 is 10.1 Å². The number of rotatable bonds is 8. The summed E-state index contributed by atoms with van der Waals surface area (Å²) in [5, 5.41) is 6.55. The first kappa shape index (κ1) is 21.3. The number of aromatic nitrogens is 2. The molecule has 0 fully saturated rings. The molecule has 28 heavy (non-hydrogen) atoms. The molecule has 152 valence electrons. The summed E-state index contributed by atoms with van der Waals surface area (Å²) in [7, 11) is 1.50. The quantitative estimate of drug-likeness (QED) is 0.691. The van der Waals surface area contributed by atoms with E-state index in [-0.39, 0.29) is 31.4 Å². The van der Waals surface area contributed by atoms with E-state index in [4.69, 9.17) is 4.74 Å². The predicted octanol–water partition coefficient (Wildman–Crippen LogP) is 2.12. The van der Waals surface area contributed by atoms with Crippen LogP contribution in [-0.4, -0.2) is 53.2 Å². The Balaban J connectivity index is 1.73. The lowest BCUT2D eigenvalue weighted by Gasteiger charge is -2.21. The van der Waals surface area contributed by atoms with E-state index in [1.165, 1.54) is 28.8 Å². The molecule has 1 unspecified atom stereocenters. The summed E-state index contributed by atoms with van der Waals surface area (Å²) >= 11 is 0. The summed E-state index contributed by atoms with van der Waals surface area (Å²) in [4.78, 5) is 25.5. The van der Waals surface area contributed by atoms with Crippen LogP contribution in [0.1, 0.15) is 18.5 Å². The van der Waals surface area contributed by atoms with Crippen molar-refractivity contribution in [3.8, 4) is 5.75 Å². The highest BCUT2D eigenvalue weighted by molar-refractivity contribution is 5.86. The third kappa shape index (κ3) is 6.00. The number of nitrogens with one attached hydrogen (secondary N) is 1. The van der Waals surface area contributed by atoms with Gasteiger partial charge in [-0.25, -0.2) is 0 Å². The number of hydrogen-bond donors (Lipinski definition) is 1. The molecular formula is C18H21F3N4O3. The Morgan fingerprint density at radius 3 is 2.71 bits per heavy atom. The van der Waals surface area contributed by atoms with Gasteiger partial charge < -0.3 is 15.0 Å². The fourth-order valence-corrected chi connectivity index (χ4v) is 2.41. The van der Waals surface area contributed by atoms with Crippen molar-refractivity contribution in [2.45, 2.75) is 19.1 Å². The third-order valence-corrected chi connectivity index (χ3v) is 3.89. The SMILES string of the molecule is CC(C(=O)N(C)CC(=O)NCCOc1cccc(C(F)(F)F)c1)n1cccn1. The number of nitrogens with zero attached hydrogens (tertiary/aromatic N) is 3. The zero-order valence-corrected chi connectivity index (χ0v) is 15.4. The molecule has 0 spiro atoms. The van der Waals surface area contributed by atoms with Crippen LogP contribution in [0.5, 0.6) is 5.75 Å². The molecule has 1 atom stereocenters. The number of halogens is 3. The average Bonchev–Trinajstić information content (AvgIpc) is 3.18. The first-order valence-electron chi connectivity index (χ1n) is 8.49. The highest BCUT2D eigenvalue weighted by Gasteiger charge is 2.30. The molecule has 2 amide bonds. The minimum Gasteiger partial charge on any atom is -0.492 e. The van der Waals surface area contributed by atoms with Gasteiger partial charge in [0.15, 0.2) is 0 Å². The minimum absolute atomic E-state index is 0.00555. The summed E-state index contributed by atoms with van der Waals surface area (Å²) in [6.45, 7) is 1.60. The number of ether oxygens (including phenoxy) is 1. The number of hydrogen-bond acceptors (Lipinski definition) is 4. The van der Waals surface area contributed by atoms with Crippen LogP contribution >= 0.6 is 0 Å². The van der Waals surface area contributed by atoms with E-state index >= 15 is 0 Å². The Labute approximate surface area is 160 Å². The van der Waals surface area contributed by atoms with E-state index in [9.17, 15) is 22.8 Å². The van der Waals surface area contributed by atoms with Crippen LogP contribution in [0.4, 0.5) is 13.2 Å². The van der Waals surface area contributed by atoms with E-state index in [1.807, 2.05) is 0 Å². The fourth-order valence-electron chi connectivity index (χ4n) is 2.41. The Kier molecular flexibility index (Phi) is 7.02. The molecule has 1 aromatic carbocycles. The smallest absolute Gasteiger partial charge is 0.416 e. The molecule has 1 heterocycles. The molecule has 1 aromatic heterocycles. The zero-order chi connectivity index (χ0) is 20.7. The van der Waals surface area contributed by atoms with Gasteiger partial charge >= 0.3 is 6.18 Å². The van der Waals surface area contributed by atoms with Gasteiger partial charge in [0.05, 0.1) is 18.7 Å². The summed E-state index contributed by atoms with van der Waals surface area (Å²) in [5.41, 5.74) is -0.805. The molecular weight excluding hydrogens is 377 g/mol. The Hall–Kier alpha value is -3.04. The van der Waals surface area contributed by atoms with Crippen LogP contribution in [0.15, 0.2) is 42.7 Å². The molecule has 0 radical (unpaired) electrons. The van der Waals surface area contributed by atoms with Gasteiger partial charge in [-0.2, -0.15) is 18.3 Å². The number of carbonyl (C=O) groups excluding carboxylic acids is 2. The van der Waals surface area contributed by atoms with Gasteiger partial charge in [-0.3, -0.25) is 14.3 Å². The molecule has 0 aliphatic carbocycles. The highest BCUT2D eigenvalue weighted by Crippen LogP contribution is 2.31. The Morgan fingerprint density at radius 2 is 2.07 bits per heavy atom. The molecule has 0 saturated carbocycles. The molecule has 10 heteroatoms. The molecule has 7 nitrogen and oxygen atoms in total. The normalized spacial score (nSPS) is 12.3. The van der Waals surface area contributed by atoms with E-state index in [0.717, 1.165) is 12.1 Å². The van der Waals surface area contributed by atoms with Crippen molar-refractivity contribution in [3.05, 3.63) is 48.3 Å². The van der Waals surface area contributed by atoms with Gasteiger partial charge in [0.2, 0.25) is 11.8 Å². The van der Waals surface area contributed by atoms with Gasteiger partial charge in [0, 0.05) is 19.4 Å². The second-order valence-corrected chi connectivity index (χ2v) is 6.08. The second kappa shape index (κ2) is 9.25. The Bertz CT molecular complexity index is 794. The van der Waals surface area contributed by atoms with Gasteiger partial charge in [-0.1, -0.05) is 6.07 Å². The van der Waals surface area contributed by atoms with Crippen molar-refractivity contribution in [2.75, 3.05) is 26.7 Å². The van der Waals surface area contributed by atoms with Gasteiger partial charge in [-0.05, 0) is 31.2 Å². The Morgan fingerprint density at radius 1 is 1.32 bits per heavy atom. The third-order valence-electron chi connectivity index (χ3n) is 3.89. The standard InChI is InChI=1S/C18H21F3N4O3/c1-13(25-9-4-7-23-25)17(27)24(2)12-16(26)22-8-10-28-15-6-3-5-14(11-15)18(19,20)21/h3-7,9,11,13H,8,10,12H2,1-2H3,(H,22,26). The summed E-state index contributed by atoms with van der Waals surface area (Å²) in [5.74, 6) is -0.625. The van der Waals surface area contributed by atoms with E-state index < -0.39 is 23.7 Å². The first-order valence-corrected chi connectivity index (χ1v) is 8.49. The lowest BCUT2D eigenvalue weighted by Crippen LogP contribution is -2.42. The van der Waals surface area contributed by atoms with Crippen LogP contribution in [0.25, 0.3) is 0 Å². The molecule has 0 bridgehead atoms. The molecule has 0 aliphatic heterocycles. The molecule has 0 aliphatic rings. The van der Waals surface area contributed by atoms with Gasteiger partial charge in [-0.15, -0.1) is 0 Å². The predicted molar refractivity (Wildman–Crippen MR) is 94.5 cm³/mol. The number of amides is 2. The number of benzene rings is 1. The maximum Gasteiger partial charge on any atom is 0.416 e. The van der Waals surface area contributed by atoms with Crippen molar-refractivity contribution in [1.82, 2.24) is 20.0 Å². The molecule has 2 rings (SSSR count). The average molecular weight is 398 g/mol. The van der Waals surface area contributed by atoms with E-state index in [1.54, 1.807) is 25.4 Å². The largest absolute Gasteiger partial charge is 0.492 e. The van der Waals surface area contributed by atoms with Gasteiger partial charge in [0.1, 0.15) is 18.4 Å². The maximum atomic E-state index is 12.6. The van der Waals surface area contributed by atoms with Crippen LogP contribution in [-0.2, 0) is 15.8 Å². The van der Waals surface area contributed by atoms with Crippen molar-refractivity contribution >= 4 is 11.8 Å². The van der Waals surface area contributed by atoms with E-state index in [0.29, 0.717) is 0 Å². The van der Waals surface area contributed by atoms with Crippen LogP contribution in [0.2, 0.25) is 0 Å². The number of likely N-dealkylation sites (N-methyl/N-ethyl adjacent to an activating group) is 1. The van der Waals surface area contributed by atoms with Crippen molar-refractivity contribution in [3.63, 3.8) is 0 Å². The number of alkyl halides is 3. The van der Waals surface area contributed by atoms with Crippen molar-refractivity contribution in [1.29, 1.82) is 0 Å². The lowest BCUT2D eigenvalue weighted by atomic mass is 10.2. The van der Waals surface area contributed by atoms with Crippen LogP contribution in [0.3, 0.4) is 0 Å². The summed E-state index contributed by atoms with van der Waals surface area (Å²) in [6, 6.07) is 5.65. The molecule has 0 saturated heterocycles. The highest BCUT2D eigenvalue weighted by atomic mass is 19.4. The van der Waals surface area contributed by atoms with E-state index in [2.05, 4.69) is 10.4 Å². The number of carbonyl (C=O) groups is 2. The maximum absolute atomic E-state index is 12.6. The molecule has 2 aromatic rings. The topological polar surface area (TPSA) is 76.5 Å². The van der Waals surface area contributed by atoms with Crippen molar-refractivity contribution in [2.24, 2.45) is 0 Å². The minimum atomic E-state index is -4.45. The van der Waals surface area contributed by atoms with Crippen molar-refractivity contribution < 1.29 is 27.5 Å². The summed E-state index contributed by atoms with van der Waals surface area (Å²) < 4.78 is 44.6. The second-order valence-electron chi connectivity index (χ2n) is 6.08. The molecule has 1 N–H and O–H groups in total. The van der Waals surface area contributed by atoms with Crippen LogP contribution in [0, 0.1) is 0 Å². The summed E-state index contributed by atoms with van der Waals surface area (Å²) in [6.07, 6.45) is -1.24. The zero-order valence-electron chi connectivity index (χ0n) is 15.4. The lowest BCUT2D eigenvalue weighted by molar-refractivity contribution is -0.138. The van der Waals surface area contributed by atoms with Gasteiger partial charge in [0.25, 0.3) is 0 Å². The fraction of sp³-hybridized carbons (Fsp3) is 0.389.